The Morgan fingerprint density at radius 2 is 2.07 bits per heavy atom. The van der Waals surface area contributed by atoms with Crippen molar-refractivity contribution in [2.75, 3.05) is 0 Å². The normalized spacial score (nSPS) is 45.7. The molecule has 0 amide bonds. The van der Waals surface area contributed by atoms with Crippen molar-refractivity contribution in [2.45, 2.75) is 57.5 Å². The molecule has 0 radical (unpaired) electrons. The number of allylic oxidation sites excluding steroid dienone is 1. The van der Waals surface area contributed by atoms with Gasteiger partial charge in [-0.3, -0.25) is 4.79 Å². The van der Waals surface area contributed by atoms with Gasteiger partial charge in [-0.2, -0.15) is 0 Å². The van der Waals surface area contributed by atoms with Gasteiger partial charge in [0.25, 0.3) is 0 Å². The molecule has 7 heteroatoms. The standard InChI is InChI=1S/C20H24O7/c1-5-8(2)17(22)26-16-11-9(3)18(23)25-15(11)13-10-6-7-20(13,4)27-19(24)12(10)14(16)21/h5,10-16,21H,3,6-7H2,1-2,4H3. The molecule has 2 saturated heterocycles. The number of hydrogen-bond acceptors (Lipinski definition) is 7. The summed E-state index contributed by atoms with van der Waals surface area (Å²) < 4.78 is 16.9. The number of carbonyl (C=O) groups excluding carboxylic acids is 3. The van der Waals surface area contributed by atoms with Crippen LogP contribution >= 0.6 is 0 Å². The molecule has 27 heavy (non-hydrogen) atoms. The summed E-state index contributed by atoms with van der Waals surface area (Å²) >= 11 is 0. The summed E-state index contributed by atoms with van der Waals surface area (Å²) in [6, 6.07) is 0. The molecular formula is C20H24O7. The summed E-state index contributed by atoms with van der Waals surface area (Å²) in [5, 5.41) is 11.1. The molecule has 146 valence electrons. The SMILES string of the molecule is C=C1C(=O)OC2C1C(OC(=O)C(C)=CC)C(O)C1C(=O)OC3(C)CCC1C23. The Hall–Kier alpha value is -2.15. The summed E-state index contributed by atoms with van der Waals surface area (Å²) in [6.07, 6.45) is -0.101. The molecule has 8 atom stereocenters. The second-order valence-electron chi connectivity index (χ2n) is 8.24. The van der Waals surface area contributed by atoms with E-state index >= 15 is 0 Å². The van der Waals surface area contributed by atoms with E-state index in [0.717, 1.165) is 0 Å². The molecule has 2 aliphatic carbocycles. The zero-order valence-electron chi connectivity index (χ0n) is 15.6. The molecule has 2 heterocycles. The fourth-order valence-electron chi connectivity index (χ4n) is 5.41. The van der Waals surface area contributed by atoms with Crippen molar-refractivity contribution in [1.82, 2.24) is 0 Å². The van der Waals surface area contributed by atoms with E-state index in [-0.39, 0.29) is 17.4 Å². The predicted molar refractivity (Wildman–Crippen MR) is 92.0 cm³/mol. The summed E-state index contributed by atoms with van der Waals surface area (Å²) in [4.78, 5) is 37.3. The van der Waals surface area contributed by atoms with Crippen molar-refractivity contribution in [1.29, 1.82) is 0 Å². The summed E-state index contributed by atoms with van der Waals surface area (Å²) in [7, 11) is 0. The largest absolute Gasteiger partial charge is 0.459 e. The Morgan fingerprint density at radius 1 is 1.37 bits per heavy atom. The smallest absolute Gasteiger partial charge is 0.334 e. The highest BCUT2D eigenvalue weighted by Crippen LogP contribution is 2.59. The van der Waals surface area contributed by atoms with Crippen LogP contribution in [-0.4, -0.2) is 46.9 Å². The van der Waals surface area contributed by atoms with Gasteiger partial charge in [-0.15, -0.1) is 0 Å². The van der Waals surface area contributed by atoms with Crippen LogP contribution in [0.3, 0.4) is 0 Å². The minimum atomic E-state index is -1.29. The lowest BCUT2D eigenvalue weighted by molar-refractivity contribution is -0.195. The second kappa shape index (κ2) is 5.92. The average molecular weight is 376 g/mol. The first-order valence-corrected chi connectivity index (χ1v) is 9.34. The van der Waals surface area contributed by atoms with Crippen molar-refractivity contribution in [3.05, 3.63) is 23.8 Å². The molecule has 4 aliphatic rings. The van der Waals surface area contributed by atoms with E-state index in [0.29, 0.717) is 18.4 Å². The number of carbonyl (C=O) groups is 3. The Labute approximate surface area is 157 Å². The first kappa shape index (κ1) is 18.2. The van der Waals surface area contributed by atoms with Gasteiger partial charge >= 0.3 is 17.9 Å². The third-order valence-electron chi connectivity index (χ3n) is 6.88. The number of hydrogen-bond donors (Lipinski definition) is 1. The van der Waals surface area contributed by atoms with E-state index in [2.05, 4.69) is 6.58 Å². The highest BCUT2D eigenvalue weighted by Gasteiger charge is 2.69. The molecule has 2 saturated carbocycles. The van der Waals surface area contributed by atoms with Gasteiger partial charge in [0, 0.05) is 17.1 Å². The van der Waals surface area contributed by atoms with Crippen molar-refractivity contribution < 1.29 is 33.7 Å². The van der Waals surface area contributed by atoms with E-state index in [1.807, 2.05) is 6.92 Å². The minimum Gasteiger partial charge on any atom is -0.459 e. The fraction of sp³-hybridized carbons (Fsp3) is 0.650. The van der Waals surface area contributed by atoms with Crippen molar-refractivity contribution in [2.24, 2.45) is 23.7 Å². The Balaban J connectivity index is 1.80. The van der Waals surface area contributed by atoms with Gasteiger partial charge in [-0.05, 0) is 39.5 Å². The minimum absolute atomic E-state index is 0.165. The maximum Gasteiger partial charge on any atom is 0.334 e. The molecule has 4 fully saturated rings. The van der Waals surface area contributed by atoms with Crippen molar-refractivity contribution in [3.63, 3.8) is 0 Å². The number of fused-ring (bicyclic) bond motifs is 1. The number of rotatable bonds is 2. The van der Waals surface area contributed by atoms with E-state index in [1.165, 1.54) is 0 Å². The highest BCUT2D eigenvalue weighted by molar-refractivity contribution is 5.92. The molecule has 7 nitrogen and oxygen atoms in total. The monoisotopic (exact) mass is 376 g/mol. The molecule has 4 bridgehead atoms. The van der Waals surface area contributed by atoms with Crippen molar-refractivity contribution in [3.8, 4) is 0 Å². The Kier molecular flexibility index (Phi) is 4.00. The fourth-order valence-corrected chi connectivity index (χ4v) is 5.41. The van der Waals surface area contributed by atoms with Crippen LogP contribution in [0.5, 0.6) is 0 Å². The number of esters is 3. The van der Waals surface area contributed by atoms with Gasteiger partial charge in [0.2, 0.25) is 0 Å². The lowest BCUT2D eigenvalue weighted by atomic mass is 9.73. The van der Waals surface area contributed by atoms with E-state index < -0.39 is 53.7 Å². The molecule has 0 aromatic heterocycles. The van der Waals surface area contributed by atoms with Gasteiger partial charge < -0.3 is 19.3 Å². The van der Waals surface area contributed by atoms with Crippen LogP contribution in [0.1, 0.15) is 33.6 Å². The van der Waals surface area contributed by atoms with Gasteiger partial charge in [0.05, 0.1) is 11.8 Å². The second-order valence-corrected chi connectivity index (χ2v) is 8.24. The maximum absolute atomic E-state index is 12.7. The zero-order valence-corrected chi connectivity index (χ0v) is 15.6. The topological polar surface area (TPSA) is 99.1 Å². The zero-order chi connectivity index (χ0) is 19.7. The van der Waals surface area contributed by atoms with Crippen LogP contribution < -0.4 is 0 Å². The van der Waals surface area contributed by atoms with Crippen LogP contribution in [0.15, 0.2) is 23.8 Å². The molecule has 8 unspecified atom stereocenters. The molecule has 2 aliphatic heterocycles. The average Bonchev–Trinajstić information content (AvgIpc) is 3.00. The van der Waals surface area contributed by atoms with Gasteiger partial charge in [0.1, 0.15) is 23.9 Å². The Morgan fingerprint density at radius 3 is 2.74 bits per heavy atom. The number of ether oxygens (including phenoxy) is 3. The van der Waals surface area contributed by atoms with Crippen LogP contribution in [-0.2, 0) is 28.6 Å². The molecule has 0 aromatic rings. The van der Waals surface area contributed by atoms with Crippen LogP contribution in [0.2, 0.25) is 0 Å². The first-order chi connectivity index (χ1) is 12.7. The summed E-state index contributed by atoms with van der Waals surface area (Å²) in [5.41, 5.74) is -0.222. The summed E-state index contributed by atoms with van der Waals surface area (Å²) in [5.74, 6) is -3.60. The predicted octanol–water partition coefficient (Wildman–Crippen LogP) is 1.29. The number of aliphatic hydroxyl groups is 1. The Bertz CT molecular complexity index is 768. The quantitative estimate of drug-likeness (QED) is 0.440. The first-order valence-electron chi connectivity index (χ1n) is 9.34. The van der Waals surface area contributed by atoms with Crippen LogP contribution in [0.25, 0.3) is 0 Å². The van der Waals surface area contributed by atoms with E-state index in [1.54, 1.807) is 19.9 Å². The molecule has 0 spiro atoms. The number of aliphatic hydroxyl groups excluding tert-OH is 1. The van der Waals surface area contributed by atoms with Gasteiger partial charge in [-0.1, -0.05) is 12.7 Å². The highest BCUT2D eigenvalue weighted by atomic mass is 16.6. The molecule has 4 rings (SSSR count). The van der Waals surface area contributed by atoms with Gasteiger partial charge in [-0.25, -0.2) is 9.59 Å². The lowest BCUT2D eigenvalue weighted by Gasteiger charge is -2.42. The van der Waals surface area contributed by atoms with E-state index in [9.17, 15) is 19.5 Å². The van der Waals surface area contributed by atoms with E-state index in [4.69, 9.17) is 14.2 Å². The lowest BCUT2D eigenvalue weighted by Crippen LogP contribution is -2.53. The molecule has 1 N–H and O–H groups in total. The van der Waals surface area contributed by atoms with Crippen LogP contribution in [0.4, 0.5) is 0 Å². The van der Waals surface area contributed by atoms with Crippen LogP contribution in [0, 0.1) is 23.7 Å². The van der Waals surface area contributed by atoms with Crippen molar-refractivity contribution >= 4 is 17.9 Å². The summed E-state index contributed by atoms with van der Waals surface area (Å²) in [6.45, 7) is 8.98. The van der Waals surface area contributed by atoms with Gasteiger partial charge in [0.15, 0.2) is 0 Å². The maximum atomic E-state index is 12.7. The molecular weight excluding hydrogens is 352 g/mol. The molecule has 0 aromatic carbocycles. The third-order valence-corrected chi connectivity index (χ3v) is 6.88. The third kappa shape index (κ3) is 2.40.